The zero-order valence-corrected chi connectivity index (χ0v) is 16.6. The average molecular weight is 412 g/mol. The van der Waals surface area contributed by atoms with E-state index in [-0.39, 0.29) is 30.1 Å². The fourth-order valence-corrected chi connectivity index (χ4v) is 3.75. The molecular formula is C23H22ClNO4. The molecule has 3 aromatic rings. The van der Waals surface area contributed by atoms with E-state index in [0.717, 1.165) is 18.4 Å². The predicted octanol–water partition coefficient (Wildman–Crippen LogP) is 5.13. The van der Waals surface area contributed by atoms with Gasteiger partial charge in [-0.15, -0.1) is 0 Å². The maximum absolute atomic E-state index is 13.2. The molecule has 29 heavy (non-hydrogen) atoms. The van der Waals surface area contributed by atoms with Crippen molar-refractivity contribution < 1.29 is 19.1 Å². The van der Waals surface area contributed by atoms with Crippen LogP contribution in [0.2, 0.25) is 5.02 Å². The van der Waals surface area contributed by atoms with Crippen LogP contribution in [0.15, 0.2) is 65.1 Å². The van der Waals surface area contributed by atoms with Crippen molar-refractivity contribution in [1.82, 2.24) is 4.90 Å². The summed E-state index contributed by atoms with van der Waals surface area (Å²) in [5.74, 6) is 0.683. The van der Waals surface area contributed by atoms with Gasteiger partial charge in [0.2, 0.25) is 0 Å². The second-order valence-corrected chi connectivity index (χ2v) is 7.50. The van der Waals surface area contributed by atoms with Gasteiger partial charge in [-0.2, -0.15) is 0 Å². The molecule has 1 unspecified atom stereocenters. The number of rotatable bonds is 6. The Morgan fingerprint density at radius 3 is 2.66 bits per heavy atom. The lowest BCUT2D eigenvalue weighted by molar-refractivity contribution is 0.0483. The summed E-state index contributed by atoms with van der Waals surface area (Å²) in [6.07, 6.45) is 1.89. The summed E-state index contributed by atoms with van der Waals surface area (Å²) in [4.78, 5) is 14.9. The van der Waals surface area contributed by atoms with E-state index < -0.39 is 0 Å². The number of furan rings is 1. The summed E-state index contributed by atoms with van der Waals surface area (Å²) >= 11 is 6.25. The number of nitrogens with zero attached hydrogens (tertiary/aromatic N) is 1. The quantitative estimate of drug-likeness (QED) is 0.611. The third-order valence-electron chi connectivity index (χ3n) is 5.04. The second-order valence-electron chi connectivity index (χ2n) is 7.09. The SMILES string of the molecule is O=C(c1ccc(-c2ccccc2Cl)o1)N(Cc1ccccc1O)CC1CCCO1. The molecular weight excluding hydrogens is 390 g/mol. The van der Waals surface area contributed by atoms with Crippen LogP contribution in [0.4, 0.5) is 0 Å². The van der Waals surface area contributed by atoms with Crippen molar-refractivity contribution in [3.8, 4) is 17.1 Å². The number of hydrogen-bond donors (Lipinski definition) is 1. The number of amides is 1. The van der Waals surface area contributed by atoms with E-state index in [1.165, 1.54) is 0 Å². The van der Waals surface area contributed by atoms with Gasteiger partial charge in [-0.1, -0.05) is 41.9 Å². The van der Waals surface area contributed by atoms with Crippen LogP contribution in [0.5, 0.6) is 5.75 Å². The first-order valence-corrected chi connectivity index (χ1v) is 10.0. The number of ether oxygens (including phenoxy) is 1. The Morgan fingerprint density at radius 2 is 1.90 bits per heavy atom. The molecule has 1 N–H and O–H groups in total. The van der Waals surface area contributed by atoms with Gasteiger partial charge in [0, 0.05) is 30.8 Å². The number of carbonyl (C=O) groups is 1. The fourth-order valence-electron chi connectivity index (χ4n) is 3.52. The molecule has 0 bridgehead atoms. The first-order chi connectivity index (χ1) is 14.1. The largest absolute Gasteiger partial charge is 0.508 e. The van der Waals surface area contributed by atoms with E-state index in [4.69, 9.17) is 20.8 Å². The molecule has 1 aliphatic rings. The minimum atomic E-state index is -0.248. The Labute approximate surface area is 174 Å². The van der Waals surface area contributed by atoms with Crippen LogP contribution in [0, 0.1) is 0 Å². The van der Waals surface area contributed by atoms with Gasteiger partial charge in [0.1, 0.15) is 11.5 Å². The first-order valence-electron chi connectivity index (χ1n) is 9.64. The molecule has 0 radical (unpaired) electrons. The lowest BCUT2D eigenvalue weighted by atomic mass is 10.1. The molecule has 6 heteroatoms. The fraction of sp³-hybridized carbons (Fsp3) is 0.261. The predicted molar refractivity (Wildman–Crippen MR) is 111 cm³/mol. The van der Waals surface area contributed by atoms with E-state index in [9.17, 15) is 9.90 Å². The number of phenolic OH excluding ortho intramolecular Hbond substituents is 1. The molecule has 2 aromatic carbocycles. The Balaban J connectivity index is 1.59. The maximum atomic E-state index is 13.2. The zero-order valence-electron chi connectivity index (χ0n) is 15.9. The monoisotopic (exact) mass is 411 g/mol. The number of carbonyl (C=O) groups excluding carboxylic acids is 1. The lowest BCUT2D eigenvalue weighted by Gasteiger charge is -2.25. The zero-order chi connectivity index (χ0) is 20.2. The lowest BCUT2D eigenvalue weighted by Crippen LogP contribution is -2.36. The molecule has 2 heterocycles. The minimum Gasteiger partial charge on any atom is -0.508 e. The van der Waals surface area contributed by atoms with Crippen molar-refractivity contribution in [3.63, 3.8) is 0 Å². The van der Waals surface area contributed by atoms with Gasteiger partial charge in [-0.3, -0.25) is 4.79 Å². The van der Waals surface area contributed by atoms with Crippen LogP contribution in [-0.2, 0) is 11.3 Å². The summed E-state index contributed by atoms with van der Waals surface area (Å²) in [5.41, 5.74) is 1.41. The van der Waals surface area contributed by atoms with Crippen molar-refractivity contribution in [2.75, 3.05) is 13.2 Å². The second kappa shape index (κ2) is 8.72. The molecule has 1 atom stereocenters. The molecule has 0 spiro atoms. The highest BCUT2D eigenvalue weighted by Crippen LogP contribution is 2.30. The van der Waals surface area contributed by atoms with Crippen LogP contribution in [0.1, 0.15) is 29.0 Å². The Morgan fingerprint density at radius 1 is 1.10 bits per heavy atom. The van der Waals surface area contributed by atoms with E-state index in [2.05, 4.69) is 0 Å². The van der Waals surface area contributed by atoms with Gasteiger partial charge in [0.05, 0.1) is 11.1 Å². The minimum absolute atomic E-state index is 0.0113. The van der Waals surface area contributed by atoms with E-state index in [1.54, 1.807) is 35.2 Å². The van der Waals surface area contributed by atoms with Crippen molar-refractivity contribution in [2.24, 2.45) is 0 Å². The summed E-state index contributed by atoms with van der Waals surface area (Å²) < 4.78 is 11.6. The van der Waals surface area contributed by atoms with Gasteiger partial charge < -0.3 is 19.2 Å². The van der Waals surface area contributed by atoms with Crippen molar-refractivity contribution in [3.05, 3.63) is 77.0 Å². The van der Waals surface area contributed by atoms with Gasteiger partial charge >= 0.3 is 0 Å². The number of aromatic hydroxyl groups is 1. The third-order valence-corrected chi connectivity index (χ3v) is 5.37. The summed E-state index contributed by atoms with van der Waals surface area (Å²) in [6, 6.07) is 17.8. The molecule has 1 saturated heterocycles. The van der Waals surface area contributed by atoms with E-state index in [0.29, 0.717) is 29.5 Å². The van der Waals surface area contributed by atoms with Crippen LogP contribution in [0.25, 0.3) is 11.3 Å². The molecule has 150 valence electrons. The highest BCUT2D eigenvalue weighted by Gasteiger charge is 2.26. The molecule has 1 amide bonds. The highest BCUT2D eigenvalue weighted by atomic mass is 35.5. The third kappa shape index (κ3) is 4.47. The molecule has 1 aliphatic heterocycles. The topological polar surface area (TPSA) is 62.9 Å². The van der Waals surface area contributed by atoms with Crippen LogP contribution < -0.4 is 0 Å². The maximum Gasteiger partial charge on any atom is 0.289 e. The summed E-state index contributed by atoms with van der Waals surface area (Å²) in [6.45, 7) is 1.42. The molecule has 1 aromatic heterocycles. The van der Waals surface area contributed by atoms with Crippen molar-refractivity contribution in [1.29, 1.82) is 0 Å². The average Bonchev–Trinajstić information content (AvgIpc) is 3.41. The number of hydrogen-bond acceptors (Lipinski definition) is 4. The van der Waals surface area contributed by atoms with Crippen LogP contribution in [0.3, 0.4) is 0 Å². The number of halogens is 1. The highest BCUT2D eigenvalue weighted by molar-refractivity contribution is 6.33. The van der Waals surface area contributed by atoms with Gasteiger partial charge in [-0.05, 0) is 43.2 Å². The van der Waals surface area contributed by atoms with E-state index >= 15 is 0 Å². The number of para-hydroxylation sites is 1. The standard InChI is InChI=1S/C23H22ClNO4/c24-19-9-3-2-8-18(19)21-11-12-22(29-21)23(27)25(15-17-7-5-13-28-17)14-16-6-1-4-10-20(16)26/h1-4,6,8-12,17,26H,5,7,13-15H2. The smallest absolute Gasteiger partial charge is 0.289 e. The number of benzene rings is 2. The summed E-state index contributed by atoms with van der Waals surface area (Å²) in [5, 5.41) is 10.7. The number of phenols is 1. The van der Waals surface area contributed by atoms with Gasteiger partial charge in [-0.25, -0.2) is 0 Å². The first kappa shape index (κ1) is 19.6. The normalized spacial score (nSPS) is 16.1. The van der Waals surface area contributed by atoms with Crippen LogP contribution in [-0.4, -0.2) is 35.2 Å². The summed E-state index contributed by atoms with van der Waals surface area (Å²) in [7, 11) is 0. The molecule has 5 nitrogen and oxygen atoms in total. The molecule has 1 fully saturated rings. The Hall–Kier alpha value is -2.76. The van der Waals surface area contributed by atoms with Crippen LogP contribution >= 0.6 is 11.6 Å². The molecule has 0 saturated carbocycles. The Bertz CT molecular complexity index is 994. The van der Waals surface area contributed by atoms with Crippen molar-refractivity contribution >= 4 is 17.5 Å². The van der Waals surface area contributed by atoms with Gasteiger partial charge in [0.25, 0.3) is 5.91 Å². The molecule has 4 rings (SSSR count). The van der Waals surface area contributed by atoms with E-state index in [1.807, 2.05) is 30.3 Å². The van der Waals surface area contributed by atoms with Crippen molar-refractivity contribution in [2.45, 2.75) is 25.5 Å². The molecule has 0 aliphatic carbocycles. The Kier molecular flexibility index (Phi) is 5.88. The van der Waals surface area contributed by atoms with Gasteiger partial charge in [0.15, 0.2) is 5.76 Å².